The maximum absolute atomic E-state index is 13.5. The van der Waals surface area contributed by atoms with Gasteiger partial charge in [0.1, 0.15) is 0 Å². The molecule has 0 radical (unpaired) electrons. The fraction of sp³-hybridized carbons (Fsp3) is 0.957. The summed E-state index contributed by atoms with van der Waals surface area (Å²) in [6.45, 7) is 10.9. The molecule has 0 aromatic rings. The van der Waals surface area contributed by atoms with Crippen LogP contribution in [-0.4, -0.2) is 40.2 Å². The molecule has 1 aliphatic heterocycles. The fourth-order valence-electron chi connectivity index (χ4n) is 7.81. The predicted molar refractivity (Wildman–Crippen MR) is 111 cm³/mol. The Balaban J connectivity index is 1.67. The fourth-order valence-corrected chi connectivity index (χ4v) is 8.69. The number of ether oxygens (including phenoxy) is 1. The number of fused-ring (bicyclic) bond motifs is 5. The molecule has 3 saturated carbocycles. The average Bonchev–Trinajstić information content (AvgIpc) is 2.86. The van der Waals surface area contributed by atoms with Gasteiger partial charge in [-0.25, -0.2) is 0 Å². The molecule has 0 spiro atoms. The first-order valence-corrected chi connectivity index (χ1v) is 12.2. The van der Waals surface area contributed by atoms with Gasteiger partial charge in [-0.3, -0.25) is 4.79 Å². The topological polar surface area (TPSA) is 46.5 Å². The van der Waals surface area contributed by atoms with Gasteiger partial charge in [0, 0.05) is 5.41 Å². The van der Waals surface area contributed by atoms with Crippen LogP contribution in [0.2, 0.25) is 0 Å². The van der Waals surface area contributed by atoms with Crippen LogP contribution in [0.5, 0.6) is 0 Å². The van der Waals surface area contributed by atoms with Gasteiger partial charge in [0.2, 0.25) is 0 Å². The molecule has 8 atom stereocenters. The van der Waals surface area contributed by atoms with E-state index in [1.54, 1.807) is 11.8 Å². The van der Waals surface area contributed by atoms with E-state index < -0.39 is 5.60 Å². The summed E-state index contributed by atoms with van der Waals surface area (Å²) in [6, 6.07) is 0. The van der Waals surface area contributed by atoms with E-state index in [0.29, 0.717) is 17.6 Å². The molecule has 0 aromatic carbocycles. The standard InChI is InChI=1S/C23H38O3S/c1-20(2,25)17-9-11-21(3)16-8-7-14-13-15(27-6)19(24)23(14,5)22(16,4)12-10-18(21)26-17/h14-18,25H,7-13H2,1-6H3. The number of ketones is 1. The minimum Gasteiger partial charge on any atom is -0.388 e. The summed E-state index contributed by atoms with van der Waals surface area (Å²) in [5.41, 5.74) is -0.752. The Bertz CT molecular complexity index is 628. The average molecular weight is 395 g/mol. The maximum Gasteiger partial charge on any atom is 0.152 e. The molecule has 0 amide bonds. The van der Waals surface area contributed by atoms with Crippen LogP contribution < -0.4 is 0 Å². The molecule has 1 N–H and O–H groups in total. The molecule has 4 rings (SSSR count). The third-order valence-corrected chi connectivity index (χ3v) is 10.7. The SMILES string of the molecule is CSC1CC2CCC3C4(C)CCC(C(C)(C)O)OC4CCC3(C)C2(C)C1=O. The Morgan fingerprint density at radius 2 is 1.81 bits per heavy atom. The quantitative estimate of drug-likeness (QED) is 0.727. The van der Waals surface area contributed by atoms with Crippen molar-refractivity contribution in [3.05, 3.63) is 0 Å². The van der Waals surface area contributed by atoms with Crippen molar-refractivity contribution in [2.24, 2.45) is 28.1 Å². The van der Waals surface area contributed by atoms with Crippen molar-refractivity contribution in [3.63, 3.8) is 0 Å². The molecule has 0 bridgehead atoms. The lowest BCUT2D eigenvalue weighted by Crippen LogP contribution is -2.64. The van der Waals surface area contributed by atoms with Gasteiger partial charge in [0.05, 0.1) is 23.1 Å². The van der Waals surface area contributed by atoms with Crippen molar-refractivity contribution in [1.29, 1.82) is 0 Å². The smallest absolute Gasteiger partial charge is 0.152 e. The largest absolute Gasteiger partial charge is 0.388 e. The third-order valence-electron chi connectivity index (χ3n) is 9.68. The monoisotopic (exact) mass is 394 g/mol. The van der Waals surface area contributed by atoms with E-state index in [2.05, 4.69) is 27.0 Å². The molecular formula is C23H38O3S. The van der Waals surface area contributed by atoms with Gasteiger partial charge in [0.25, 0.3) is 0 Å². The highest BCUT2D eigenvalue weighted by Crippen LogP contribution is 2.71. The Morgan fingerprint density at radius 1 is 1.11 bits per heavy atom. The number of hydrogen-bond acceptors (Lipinski definition) is 4. The second-order valence-corrected chi connectivity index (χ2v) is 12.2. The first-order valence-electron chi connectivity index (χ1n) is 10.9. The summed E-state index contributed by atoms with van der Waals surface area (Å²) in [5.74, 6) is 1.62. The van der Waals surface area contributed by atoms with E-state index in [1.807, 2.05) is 13.8 Å². The van der Waals surface area contributed by atoms with Gasteiger partial charge in [-0.05, 0) is 87.7 Å². The van der Waals surface area contributed by atoms with Crippen LogP contribution in [0, 0.1) is 28.1 Å². The van der Waals surface area contributed by atoms with Crippen LogP contribution in [-0.2, 0) is 9.53 Å². The van der Waals surface area contributed by atoms with E-state index in [4.69, 9.17) is 4.74 Å². The third kappa shape index (κ3) is 2.58. The van der Waals surface area contributed by atoms with Crippen molar-refractivity contribution in [1.82, 2.24) is 0 Å². The summed E-state index contributed by atoms with van der Waals surface area (Å²) in [5, 5.41) is 10.7. The molecule has 4 heteroatoms. The number of thioether (sulfide) groups is 1. The number of hydrogen-bond donors (Lipinski definition) is 1. The van der Waals surface area contributed by atoms with E-state index in [9.17, 15) is 9.90 Å². The Labute approximate surface area is 169 Å². The van der Waals surface area contributed by atoms with Crippen LogP contribution >= 0.6 is 11.8 Å². The number of Topliss-reactive ketones (excluding diaryl/α,β-unsaturated/α-hetero) is 1. The second kappa shape index (κ2) is 6.22. The van der Waals surface area contributed by atoms with E-state index in [1.165, 1.54) is 12.8 Å². The summed E-state index contributed by atoms with van der Waals surface area (Å²) in [4.78, 5) is 13.5. The highest BCUT2D eigenvalue weighted by Gasteiger charge is 2.69. The van der Waals surface area contributed by atoms with Gasteiger partial charge in [0.15, 0.2) is 5.78 Å². The van der Waals surface area contributed by atoms with Gasteiger partial charge in [-0.1, -0.05) is 20.8 Å². The van der Waals surface area contributed by atoms with Crippen molar-refractivity contribution >= 4 is 17.5 Å². The normalized spacial score (nSPS) is 52.9. The van der Waals surface area contributed by atoms with Crippen molar-refractivity contribution < 1.29 is 14.6 Å². The predicted octanol–water partition coefficient (Wildman–Crippen LogP) is 4.85. The minimum absolute atomic E-state index is 0.0687. The van der Waals surface area contributed by atoms with Crippen LogP contribution in [0.15, 0.2) is 0 Å². The Hall–Kier alpha value is -0.0600. The molecular weight excluding hydrogens is 356 g/mol. The minimum atomic E-state index is -0.779. The molecule has 3 nitrogen and oxygen atoms in total. The van der Waals surface area contributed by atoms with E-state index in [-0.39, 0.29) is 33.7 Å². The summed E-state index contributed by atoms with van der Waals surface area (Å²) in [6.07, 6.45) is 9.88. The zero-order chi connectivity index (χ0) is 19.8. The van der Waals surface area contributed by atoms with Crippen molar-refractivity contribution in [2.45, 2.75) is 103 Å². The molecule has 3 aliphatic carbocycles. The van der Waals surface area contributed by atoms with E-state index >= 15 is 0 Å². The number of rotatable bonds is 2. The van der Waals surface area contributed by atoms with Gasteiger partial charge in [-0.2, -0.15) is 11.8 Å². The highest BCUT2D eigenvalue weighted by atomic mass is 32.2. The Morgan fingerprint density at radius 3 is 2.44 bits per heavy atom. The molecule has 0 aromatic heterocycles. The highest BCUT2D eigenvalue weighted by molar-refractivity contribution is 7.99. The zero-order valence-electron chi connectivity index (χ0n) is 18.0. The van der Waals surface area contributed by atoms with E-state index in [0.717, 1.165) is 32.1 Å². The summed E-state index contributed by atoms with van der Waals surface area (Å²) in [7, 11) is 0. The molecule has 27 heavy (non-hydrogen) atoms. The van der Waals surface area contributed by atoms with Crippen LogP contribution in [0.1, 0.15) is 79.6 Å². The lowest BCUT2D eigenvalue weighted by atomic mass is 9.40. The first kappa shape index (κ1) is 20.2. The molecule has 8 unspecified atom stereocenters. The first-order chi connectivity index (χ1) is 12.5. The number of carbonyl (C=O) groups is 1. The molecule has 4 fully saturated rings. The summed E-state index contributed by atoms with van der Waals surface area (Å²) >= 11 is 1.77. The molecule has 1 heterocycles. The second-order valence-electron chi connectivity index (χ2n) is 11.1. The van der Waals surface area contributed by atoms with Gasteiger partial charge < -0.3 is 9.84 Å². The summed E-state index contributed by atoms with van der Waals surface area (Å²) < 4.78 is 6.53. The molecule has 1 saturated heterocycles. The number of aliphatic hydroxyl groups is 1. The van der Waals surface area contributed by atoms with Gasteiger partial charge >= 0.3 is 0 Å². The Kier molecular flexibility index (Phi) is 4.66. The van der Waals surface area contributed by atoms with Crippen LogP contribution in [0.25, 0.3) is 0 Å². The maximum atomic E-state index is 13.5. The van der Waals surface area contributed by atoms with Gasteiger partial charge in [-0.15, -0.1) is 0 Å². The lowest BCUT2D eigenvalue weighted by molar-refractivity contribution is -0.251. The van der Waals surface area contributed by atoms with Crippen LogP contribution in [0.4, 0.5) is 0 Å². The molecule has 4 aliphatic rings. The van der Waals surface area contributed by atoms with Crippen molar-refractivity contribution in [3.8, 4) is 0 Å². The molecule has 154 valence electrons. The van der Waals surface area contributed by atoms with Crippen LogP contribution in [0.3, 0.4) is 0 Å². The zero-order valence-corrected chi connectivity index (χ0v) is 18.8. The van der Waals surface area contributed by atoms with Crippen molar-refractivity contribution in [2.75, 3.05) is 6.26 Å². The number of carbonyl (C=O) groups excluding carboxylic acids is 1. The lowest BCUT2D eigenvalue weighted by Gasteiger charge is -2.66.